The van der Waals surface area contributed by atoms with E-state index in [0.29, 0.717) is 41.7 Å². The third-order valence-corrected chi connectivity index (χ3v) is 5.38. The molecule has 3 aromatic rings. The summed E-state index contributed by atoms with van der Waals surface area (Å²) in [6.07, 6.45) is 0. The van der Waals surface area contributed by atoms with Crippen LogP contribution in [0.2, 0.25) is 0 Å². The number of amides is 1. The first-order valence-corrected chi connectivity index (χ1v) is 9.85. The van der Waals surface area contributed by atoms with Crippen LogP contribution in [0.4, 0.5) is 10.1 Å². The van der Waals surface area contributed by atoms with Crippen LogP contribution in [0.5, 0.6) is 11.5 Å². The molecule has 0 fully saturated rings. The lowest BCUT2D eigenvalue weighted by Gasteiger charge is -2.19. The maximum atomic E-state index is 13.1. The molecule has 0 atom stereocenters. The van der Waals surface area contributed by atoms with Gasteiger partial charge in [0.15, 0.2) is 11.5 Å². The van der Waals surface area contributed by atoms with Gasteiger partial charge in [0.1, 0.15) is 19.0 Å². The van der Waals surface area contributed by atoms with Gasteiger partial charge < -0.3 is 14.8 Å². The second-order valence-electron chi connectivity index (χ2n) is 6.22. The molecule has 0 radical (unpaired) electrons. The van der Waals surface area contributed by atoms with Crippen molar-refractivity contribution in [2.45, 2.75) is 10.6 Å². The van der Waals surface area contributed by atoms with Crippen molar-refractivity contribution in [1.29, 1.82) is 0 Å². The second-order valence-corrected chi connectivity index (χ2v) is 7.24. The number of hydrogen-bond donors (Lipinski definition) is 1. The molecule has 0 spiro atoms. The summed E-state index contributed by atoms with van der Waals surface area (Å²) in [4.78, 5) is 13.7. The largest absolute Gasteiger partial charge is 0.486 e. The summed E-state index contributed by atoms with van der Waals surface area (Å²) >= 11 is 1.54. The zero-order chi connectivity index (χ0) is 19.3. The molecule has 4 rings (SSSR count). The Kier molecular flexibility index (Phi) is 5.48. The summed E-state index contributed by atoms with van der Waals surface area (Å²) in [5.41, 5.74) is 2.23. The van der Waals surface area contributed by atoms with E-state index in [0.717, 1.165) is 10.5 Å². The topological polar surface area (TPSA) is 47.6 Å². The molecule has 1 aliphatic rings. The first kappa shape index (κ1) is 18.4. The van der Waals surface area contributed by atoms with Gasteiger partial charge in [-0.3, -0.25) is 4.79 Å². The molecule has 0 saturated carbocycles. The highest BCUT2D eigenvalue weighted by Crippen LogP contribution is 2.33. The first-order valence-electron chi connectivity index (χ1n) is 8.86. The van der Waals surface area contributed by atoms with Crippen LogP contribution in [0.1, 0.15) is 15.9 Å². The molecule has 0 saturated heterocycles. The van der Waals surface area contributed by atoms with Crippen molar-refractivity contribution in [3.8, 4) is 11.5 Å². The third-order valence-electron chi connectivity index (χ3n) is 4.24. The Hall–Kier alpha value is -2.99. The number of carbonyl (C=O) groups is 1. The van der Waals surface area contributed by atoms with E-state index in [2.05, 4.69) is 5.32 Å². The number of anilines is 1. The zero-order valence-electron chi connectivity index (χ0n) is 15.0. The van der Waals surface area contributed by atoms with E-state index in [9.17, 15) is 9.18 Å². The minimum atomic E-state index is -0.257. The number of fused-ring (bicyclic) bond motifs is 1. The molecule has 3 aromatic carbocycles. The Bertz CT molecular complexity index is 991. The molecule has 1 amide bonds. The molecule has 142 valence electrons. The predicted octanol–water partition coefficient (Wildman–Crippen LogP) is 5.14. The van der Waals surface area contributed by atoms with Crippen molar-refractivity contribution >= 4 is 23.4 Å². The van der Waals surface area contributed by atoms with E-state index in [4.69, 9.17) is 9.47 Å². The molecule has 0 aliphatic carbocycles. The zero-order valence-corrected chi connectivity index (χ0v) is 15.8. The van der Waals surface area contributed by atoms with Gasteiger partial charge >= 0.3 is 0 Å². The second kappa shape index (κ2) is 8.35. The van der Waals surface area contributed by atoms with Crippen molar-refractivity contribution in [2.75, 3.05) is 18.5 Å². The average molecular weight is 395 g/mol. The minimum Gasteiger partial charge on any atom is -0.486 e. The van der Waals surface area contributed by atoms with Crippen LogP contribution in [0.15, 0.2) is 71.6 Å². The first-order chi connectivity index (χ1) is 13.7. The Morgan fingerprint density at radius 1 is 0.964 bits per heavy atom. The molecule has 0 unspecified atom stereocenters. The maximum Gasteiger partial charge on any atom is 0.256 e. The normalized spacial score (nSPS) is 12.5. The molecule has 28 heavy (non-hydrogen) atoms. The van der Waals surface area contributed by atoms with E-state index in [1.54, 1.807) is 36.4 Å². The van der Waals surface area contributed by atoms with Gasteiger partial charge in [-0.15, -0.1) is 11.8 Å². The monoisotopic (exact) mass is 395 g/mol. The molecular formula is C22H18FNO3S. The number of thioether (sulfide) groups is 1. The summed E-state index contributed by atoms with van der Waals surface area (Å²) in [6, 6.07) is 19.2. The molecule has 1 aliphatic heterocycles. The molecule has 0 bridgehead atoms. The van der Waals surface area contributed by atoms with Gasteiger partial charge in [0.2, 0.25) is 0 Å². The van der Waals surface area contributed by atoms with Crippen molar-refractivity contribution < 1.29 is 18.7 Å². The van der Waals surface area contributed by atoms with Crippen LogP contribution in [0, 0.1) is 5.82 Å². The maximum absolute atomic E-state index is 13.1. The number of halogens is 1. The number of rotatable bonds is 5. The van der Waals surface area contributed by atoms with Crippen molar-refractivity contribution in [2.24, 2.45) is 0 Å². The smallest absolute Gasteiger partial charge is 0.256 e. The fourth-order valence-electron chi connectivity index (χ4n) is 2.84. The Labute approximate surface area is 166 Å². The van der Waals surface area contributed by atoms with E-state index in [-0.39, 0.29) is 11.7 Å². The lowest BCUT2D eigenvalue weighted by atomic mass is 10.2. The fraction of sp³-hybridized carbons (Fsp3) is 0.136. The highest BCUT2D eigenvalue weighted by atomic mass is 32.2. The molecule has 1 heterocycles. The van der Waals surface area contributed by atoms with Gasteiger partial charge in [0, 0.05) is 22.4 Å². The van der Waals surface area contributed by atoms with Gasteiger partial charge in [-0.25, -0.2) is 4.39 Å². The lowest BCUT2D eigenvalue weighted by Crippen LogP contribution is -2.16. The lowest BCUT2D eigenvalue weighted by molar-refractivity contribution is 0.102. The quantitative estimate of drug-likeness (QED) is 0.608. The van der Waals surface area contributed by atoms with Crippen LogP contribution in [-0.4, -0.2) is 19.1 Å². The molecule has 0 aromatic heterocycles. The van der Waals surface area contributed by atoms with E-state index in [1.807, 2.05) is 18.2 Å². The van der Waals surface area contributed by atoms with Crippen molar-refractivity contribution in [3.05, 3.63) is 83.7 Å². The molecular weight excluding hydrogens is 377 g/mol. The van der Waals surface area contributed by atoms with Gasteiger partial charge in [0.05, 0.1) is 5.56 Å². The van der Waals surface area contributed by atoms with Crippen LogP contribution >= 0.6 is 11.8 Å². The number of ether oxygens (including phenoxy) is 2. The van der Waals surface area contributed by atoms with Gasteiger partial charge in [-0.1, -0.05) is 24.3 Å². The van der Waals surface area contributed by atoms with Crippen molar-refractivity contribution in [3.63, 3.8) is 0 Å². The van der Waals surface area contributed by atoms with Crippen LogP contribution in [-0.2, 0) is 5.75 Å². The van der Waals surface area contributed by atoms with Gasteiger partial charge in [-0.2, -0.15) is 0 Å². The molecule has 1 N–H and O–H groups in total. The Morgan fingerprint density at radius 2 is 1.71 bits per heavy atom. The third kappa shape index (κ3) is 4.28. The number of hydrogen-bond acceptors (Lipinski definition) is 4. The summed E-state index contributed by atoms with van der Waals surface area (Å²) in [5.74, 6) is 1.50. The van der Waals surface area contributed by atoms with E-state index < -0.39 is 0 Å². The summed E-state index contributed by atoms with van der Waals surface area (Å²) in [5, 5.41) is 2.92. The van der Waals surface area contributed by atoms with Crippen LogP contribution in [0.25, 0.3) is 0 Å². The fourth-order valence-corrected chi connectivity index (χ4v) is 3.85. The summed E-state index contributed by atoms with van der Waals surface area (Å²) < 4.78 is 24.1. The van der Waals surface area contributed by atoms with E-state index >= 15 is 0 Å². The number of benzene rings is 3. The minimum absolute atomic E-state index is 0.195. The van der Waals surface area contributed by atoms with Gasteiger partial charge in [0.25, 0.3) is 5.91 Å². The van der Waals surface area contributed by atoms with Crippen LogP contribution in [0.3, 0.4) is 0 Å². The van der Waals surface area contributed by atoms with Gasteiger partial charge in [-0.05, 0) is 42.0 Å². The van der Waals surface area contributed by atoms with Crippen molar-refractivity contribution in [1.82, 2.24) is 0 Å². The molecule has 4 nitrogen and oxygen atoms in total. The Morgan fingerprint density at radius 3 is 2.54 bits per heavy atom. The highest BCUT2D eigenvalue weighted by molar-refractivity contribution is 7.98. The van der Waals surface area contributed by atoms with Crippen LogP contribution < -0.4 is 14.8 Å². The SMILES string of the molecule is O=C(Nc1ccc2c(c1)OCCO2)c1ccccc1SCc1ccc(F)cc1. The average Bonchev–Trinajstić information content (AvgIpc) is 2.73. The summed E-state index contributed by atoms with van der Waals surface area (Å²) in [7, 11) is 0. The highest BCUT2D eigenvalue weighted by Gasteiger charge is 2.15. The number of carbonyl (C=O) groups excluding carboxylic acids is 1. The number of nitrogens with one attached hydrogen (secondary N) is 1. The standard InChI is InChI=1S/C22H18FNO3S/c23-16-7-5-15(6-8-16)14-28-21-4-2-1-3-18(21)22(25)24-17-9-10-19-20(13-17)27-12-11-26-19/h1-10,13H,11-12,14H2,(H,24,25). The summed E-state index contributed by atoms with van der Waals surface area (Å²) in [6.45, 7) is 1.02. The Balaban J connectivity index is 1.47. The van der Waals surface area contributed by atoms with E-state index in [1.165, 1.54) is 23.9 Å². The predicted molar refractivity (Wildman–Crippen MR) is 108 cm³/mol. The molecule has 6 heteroatoms.